The first kappa shape index (κ1) is 26.3. The molecule has 1 N–H and O–H groups in total. The molecule has 2 aliphatic rings. The molecule has 0 radical (unpaired) electrons. The molecule has 6 rings (SSSR count). The Labute approximate surface area is 236 Å². The quantitative estimate of drug-likeness (QED) is 0.260. The van der Waals surface area contributed by atoms with E-state index in [0.717, 1.165) is 28.1 Å². The molecule has 41 heavy (non-hydrogen) atoms. The van der Waals surface area contributed by atoms with Gasteiger partial charge in [-0.05, 0) is 80.3 Å². The van der Waals surface area contributed by atoms with Crippen LogP contribution in [0.1, 0.15) is 58.5 Å². The molecule has 0 amide bonds. The Hall–Kier alpha value is -4.90. The van der Waals surface area contributed by atoms with E-state index in [1.807, 2.05) is 38.1 Å². The van der Waals surface area contributed by atoms with Crippen LogP contribution in [0, 0.1) is 31.0 Å². The highest BCUT2D eigenvalue weighted by Crippen LogP contribution is 2.45. The molecule has 1 aliphatic heterocycles. The summed E-state index contributed by atoms with van der Waals surface area (Å²) in [5.41, 5.74) is 6.00. The van der Waals surface area contributed by atoms with Gasteiger partial charge in [-0.1, -0.05) is 12.1 Å². The fraction of sp³-hybridized carbons (Fsp3) is 0.242. The molecule has 0 fully saturated rings. The summed E-state index contributed by atoms with van der Waals surface area (Å²) in [4.78, 5) is 15.6. The molecule has 0 saturated heterocycles. The van der Waals surface area contributed by atoms with Crippen molar-refractivity contribution >= 4 is 5.97 Å². The van der Waals surface area contributed by atoms with Crippen molar-refractivity contribution in [2.45, 2.75) is 45.1 Å². The van der Waals surface area contributed by atoms with E-state index in [2.05, 4.69) is 11.1 Å². The van der Waals surface area contributed by atoms with E-state index in [9.17, 15) is 10.1 Å². The standard InChI is InChI=1S/C33H27FN2O5/c1-18-11-21(12-19(2)36-18)20-3-8-28(22(13-20)16-35)41-29-10-7-27(34)33-26(29)6-9-30(33)40-24-4-5-25-23(14-32(37)38)17-39-31(25)15-24/h3-5,7-8,10-13,15,23,30H,6,9,14,17H2,1-2H3,(H,37,38)/t23-,30-/m1/s1. The van der Waals surface area contributed by atoms with Gasteiger partial charge in [-0.25, -0.2) is 4.39 Å². The number of carboxylic acid groups (broad SMARTS) is 1. The average molecular weight is 551 g/mol. The predicted molar refractivity (Wildman–Crippen MR) is 149 cm³/mol. The molecule has 206 valence electrons. The van der Waals surface area contributed by atoms with E-state index < -0.39 is 12.1 Å². The fourth-order valence-corrected chi connectivity index (χ4v) is 5.74. The summed E-state index contributed by atoms with van der Waals surface area (Å²) in [5, 5.41) is 19.0. The normalized spacial score (nSPS) is 16.8. The molecule has 2 atom stereocenters. The SMILES string of the molecule is Cc1cc(-c2ccc(Oc3ccc(F)c4c3CC[C@H]4Oc3ccc4c(c3)OC[C@H]4CC(=O)O)c(C#N)c2)cc(C)n1. The molecular weight excluding hydrogens is 523 g/mol. The van der Waals surface area contributed by atoms with Crippen LogP contribution in [0.2, 0.25) is 0 Å². The van der Waals surface area contributed by atoms with E-state index in [-0.39, 0.29) is 18.2 Å². The highest BCUT2D eigenvalue weighted by Gasteiger charge is 2.32. The van der Waals surface area contributed by atoms with Crippen molar-refractivity contribution < 1.29 is 28.5 Å². The third-order valence-corrected chi connectivity index (χ3v) is 7.54. The Morgan fingerprint density at radius 1 is 1.07 bits per heavy atom. The van der Waals surface area contributed by atoms with Crippen LogP contribution < -0.4 is 14.2 Å². The number of halogens is 1. The maximum absolute atomic E-state index is 15.1. The number of benzene rings is 3. The van der Waals surface area contributed by atoms with Gasteiger partial charge >= 0.3 is 5.97 Å². The van der Waals surface area contributed by atoms with Gasteiger partial charge < -0.3 is 19.3 Å². The fourth-order valence-electron chi connectivity index (χ4n) is 5.74. The zero-order valence-corrected chi connectivity index (χ0v) is 22.6. The first-order valence-electron chi connectivity index (χ1n) is 13.4. The van der Waals surface area contributed by atoms with Gasteiger partial charge in [0.15, 0.2) is 0 Å². The van der Waals surface area contributed by atoms with E-state index in [1.165, 1.54) is 6.07 Å². The number of carbonyl (C=O) groups is 1. The second-order valence-electron chi connectivity index (χ2n) is 10.5. The number of nitrogens with zero attached hydrogens (tertiary/aromatic N) is 2. The van der Waals surface area contributed by atoms with E-state index in [1.54, 1.807) is 30.3 Å². The summed E-state index contributed by atoms with van der Waals surface area (Å²) in [6.45, 7) is 4.17. The number of aliphatic carboxylic acids is 1. The minimum Gasteiger partial charge on any atom is -0.492 e. The molecule has 1 aromatic heterocycles. The number of hydrogen-bond donors (Lipinski definition) is 1. The van der Waals surface area contributed by atoms with Crippen LogP contribution in [0.3, 0.4) is 0 Å². The summed E-state index contributed by atoms with van der Waals surface area (Å²) < 4.78 is 33.3. The van der Waals surface area contributed by atoms with E-state index in [4.69, 9.17) is 19.3 Å². The topological polar surface area (TPSA) is 102 Å². The zero-order chi connectivity index (χ0) is 28.7. The van der Waals surface area contributed by atoms with Crippen LogP contribution in [-0.2, 0) is 11.2 Å². The summed E-state index contributed by atoms with van der Waals surface area (Å²) in [6, 6.07) is 19.9. The van der Waals surface area contributed by atoms with Crippen LogP contribution in [0.5, 0.6) is 23.0 Å². The van der Waals surface area contributed by atoms with Gasteiger partial charge in [-0.15, -0.1) is 0 Å². The van der Waals surface area contributed by atoms with Gasteiger partial charge in [0, 0.05) is 40.1 Å². The van der Waals surface area contributed by atoms with Crippen molar-refractivity contribution in [1.82, 2.24) is 4.98 Å². The molecule has 4 aromatic rings. The highest BCUT2D eigenvalue weighted by molar-refractivity contribution is 5.69. The molecular formula is C33H27FN2O5. The molecule has 1 aliphatic carbocycles. The van der Waals surface area contributed by atoms with Gasteiger partial charge in [0.1, 0.15) is 41.0 Å². The molecule has 8 heteroatoms. The van der Waals surface area contributed by atoms with Crippen LogP contribution >= 0.6 is 0 Å². The Morgan fingerprint density at radius 2 is 1.85 bits per heavy atom. The molecule has 2 heterocycles. The maximum Gasteiger partial charge on any atom is 0.304 e. The summed E-state index contributed by atoms with van der Waals surface area (Å²) in [5.74, 6) is 0.532. The first-order chi connectivity index (χ1) is 19.8. The molecule has 0 unspecified atom stereocenters. The van der Waals surface area contributed by atoms with Crippen molar-refractivity contribution in [3.63, 3.8) is 0 Å². The molecule has 0 bridgehead atoms. The van der Waals surface area contributed by atoms with Gasteiger partial charge in [0.25, 0.3) is 0 Å². The zero-order valence-electron chi connectivity index (χ0n) is 22.6. The largest absolute Gasteiger partial charge is 0.492 e. The van der Waals surface area contributed by atoms with Crippen molar-refractivity contribution in [1.29, 1.82) is 5.26 Å². The van der Waals surface area contributed by atoms with Crippen LogP contribution in [-0.4, -0.2) is 22.7 Å². The highest BCUT2D eigenvalue weighted by atomic mass is 19.1. The minimum absolute atomic E-state index is 0.00346. The lowest BCUT2D eigenvalue weighted by Crippen LogP contribution is -2.07. The number of aryl methyl sites for hydroxylation is 2. The number of carboxylic acids is 1. The van der Waals surface area contributed by atoms with Crippen LogP contribution in [0.15, 0.2) is 60.7 Å². The maximum atomic E-state index is 15.1. The van der Waals surface area contributed by atoms with Gasteiger partial charge in [0.05, 0.1) is 18.6 Å². The molecule has 7 nitrogen and oxygen atoms in total. The number of hydrogen-bond acceptors (Lipinski definition) is 6. The average Bonchev–Trinajstić information content (AvgIpc) is 3.54. The third kappa shape index (κ3) is 5.19. The number of aromatic nitrogens is 1. The Balaban J connectivity index is 1.24. The second kappa shape index (κ2) is 10.6. The lowest BCUT2D eigenvalue weighted by atomic mass is 9.98. The lowest BCUT2D eigenvalue weighted by molar-refractivity contribution is -0.137. The second-order valence-corrected chi connectivity index (χ2v) is 10.5. The Morgan fingerprint density at radius 3 is 2.61 bits per heavy atom. The monoisotopic (exact) mass is 550 g/mol. The number of rotatable bonds is 7. The van der Waals surface area contributed by atoms with E-state index >= 15 is 4.39 Å². The van der Waals surface area contributed by atoms with Crippen LogP contribution in [0.25, 0.3) is 11.1 Å². The van der Waals surface area contributed by atoms with Crippen molar-refractivity contribution in [2.75, 3.05) is 6.61 Å². The molecule has 0 spiro atoms. The van der Waals surface area contributed by atoms with Crippen molar-refractivity contribution in [2.24, 2.45) is 0 Å². The van der Waals surface area contributed by atoms with Gasteiger partial charge in [-0.3, -0.25) is 9.78 Å². The van der Waals surface area contributed by atoms with Gasteiger partial charge in [-0.2, -0.15) is 5.26 Å². The van der Waals surface area contributed by atoms with Crippen molar-refractivity contribution in [3.05, 3.63) is 100 Å². The summed E-state index contributed by atoms with van der Waals surface area (Å²) in [7, 11) is 0. The Bertz CT molecular complexity index is 1710. The molecule has 3 aromatic carbocycles. The number of nitriles is 1. The van der Waals surface area contributed by atoms with E-state index in [0.29, 0.717) is 59.1 Å². The lowest BCUT2D eigenvalue weighted by Gasteiger charge is -2.18. The predicted octanol–water partition coefficient (Wildman–Crippen LogP) is 7.19. The number of ether oxygens (including phenoxy) is 3. The minimum atomic E-state index is -0.875. The van der Waals surface area contributed by atoms with Crippen LogP contribution in [0.4, 0.5) is 4.39 Å². The number of pyridine rings is 1. The smallest absolute Gasteiger partial charge is 0.304 e. The summed E-state index contributed by atoms with van der Waals surface area (Å²) in [6.07, 6.45) is 0.567. The van der Waals surface area contributed by atoms with Gasteiger partial charge in [0.2, 0.25) is 0 Å². The molecule has 0 saturated carbocycles. The summed E-state index contributed by atoms with van der Waals surface area (Å²) >= 11 is 0. The Kier molecular flexibility index (Phi) is 6.80. The number of fused-ring (bicyclic) bond motifs is 2. The van der Waals surface area contributed by atoms with Crippen molar-refractivity contribution in [3.8, 4) is 40.2 Å². The first-order valence-corrected chi connectivity index (χ1v) is 13.4. The third-order valence-electron chi connectivity index (χ3n) is 7.54.